The van der Waals surface area contributed by atoms with Crippen LogP contribution in [-0.2, 0) is 0 Å². The minimum atomic E-state index is -0.160. The van der Waals surface area contributed by atoms with E-state index in [4.69, 9.17) is 0 Å². The summed E-state index contributed by atoms with van der Waals surface area (Å²) in [7, 11) is 0. The van der Waals surface area contributed by atoms with E-state index in [-0.39, 0.29) is 5.56 Å². The molecule has 0 bridgehead atoms. The molecule has 3 aromatic heterocycles. The summed E-state index contributed by atoms with van der Waals surface area (Å²) in [6.07, 6.45) is 6.46. The maximum absolute atomic E-state index is 11.9. The Hall–Kier alpha value is -2.76. The first kappa shape index (κ1) is 10.4. The van der Waals surface area contributed by atoms with Crippen LogP contribution < -0.4 is 11.0 Å². The van der Waals surface area contributed by atoms with Crippen molar-refractivity contribution < 1.29 is 0 Å². The van der Waals surface area contributed by atoms with E-state index in [9.17, 15) is 4.79 Å². The largest absolute Gasteiger partial charge is 0.291 e. The van der Waals surface area contributed by atoms with E-state index in [0.29, 0.717) is 5.52 Å². The molecule has 0 saturated heterocycles. The molecule has 0 spiro atoms. The van der Waals surface area contributed by atoms with Crippen LogP contribution >= 0.6 is 0 Å². The lowest BCUT2D eigenvalue weighted by molar-refractivity contribution is 0.927. The Labute approximate surface area is 102 Å². The number of nitrogens with one attached hydrogen (secondary N) is 1. The third-order valence-electron chi connectivity index (χ3n) is 2.53. The Morgan fingerprint density at radius 1 is 1.00 bits per heavy atom. The first-order chi connectivity index (χ1) is 8.84. The van der Waals surface area contributed by atoms with Crippen molar-refractivity contribution in [3.63, 3.8) is 0 Å². The van der Waals surface area contributed by atoms with Gasteiger partial charge >= 0.3 is 0 Å². The van der Waals surface area contributed by atoms with Crippen LogP contribution in [0.2, 0.25) is 0 Å². The van der Waals surface area contributed by atoms with Gasteiger partial charge in [-0.2, -0.15) is 10.2 Å². The molecule has 0 fully saturated rings. The standard InChI is InChI=1S/C12H9N5O/c18-12-2-1-9-7-14-15-8-11(9)17(12)16-10-3-5-13-6-4-10/h1-8H,(H,13,16). The Kier molecular flexibility index (Phi) is 2.45. The summed E-state index contributed by atoms with van der Waals surface area (Å²) in [6.45, 7) is 0. The normalized spacial score (nSPS) is 10.4. The van der Waals surface area contributed by atoms with Crippen LogP contribution in [0.1, 0.15) is 0 Å². The molecule has 0 amide bonds. The van der Waals surface area contributed by atoms with Crippen molar-refractivity contribution in [1.82, 2.24) is 19.9 Å². The second kappa shape index (κ2) is 4.25. The predicted octanol–water partition coefficient (Wildman–Crippen LogP) is 1.06. The second-order valence-electron chi connectivity index (χ2n) is 3.68. The Morgan fingerprint density at radius 2 is 1.78 bits per heavy atom. The van der Waals surface area contributed by atoms with Crippen LogP contribution in [0, 0.1) is 0 Å². The zero-order valence-corrected chi connectivity index (χ0v) is 9.32. The highest BCUT2D eigenvalue weighted by atomic mass is 16.1. The maximum atomic E-state index is 11.9. The lowest BCUT2D eigenvalue weighted by Gasteiger charge is -2.11. The lowest BCUT2D eigenvalue weighted by atomic mass is 10.3. The smallest absolute Gasteiger partial charge is 0.269 e. The van der Waals surface area contributed by atoms with E-state index in [0.717, 1.165) is 11.1 Å². The molecule has 0 saturated carbocycles. The number of anilines is 1. The third kappa shape index (κ3) is 1.80. The van der Waals surface area contributed by atoms with E-state index in [1.165, 1.54) is 10.7 Å². The average molecular weight is 239 g/mol. The topological polar surface area (TPSA) is 72.7 Å². The monoisotopic (exact) mass is 239 g/mol. The number of rotatable bonds is 2. The predicted molar refractivity (Wildman–Crippen MR) is 67.1 cm³/mol. The van der Waals surface area contributed by atoms with Gasteiger partial charge in [-0.25, -0.2) is 4.68 Å². The highest BCUT2D eigenvalue weighted by Crippen LogP contribution is 2.10. The van der Waals surface area contributed by atoms with Gasteiger partial charge in [-0.3, -0.25) is 15.2 Å². The minimum Gasteiger partial charge on any atom is -0.291 e. The van der Waals surface area contributed by atoms with Crippen LogP contribution in [0.25, 0.3) is 10.9 Å². The van der Waals surface area contributed by atoms with Gasteiger partial charge in [0.15, 0.2) is 0 Å². The SMILES string of the molecule is O=c1ccc2cnncc2n1Nc1ccncc1. The fourth-order valence-electron chi connectivity index (χ4n) is 1.66. The minimum absolute atomic E-state index is 0.160. The first-order valence-electron chi connectivity index (χ1n) is 5.34. The van der Waals surface area contributed by atoms with Crippen molar-refractivity contribution in [2.45, 2.75) is 0 Å². The van der Waals surface area contributed by atoms with Gasteiger partial charge in [0, 0.05) is 23.8 Å². The van der Waals surface area contributed by atoms with Crippen LogP contribution in [-0.4, -0.2) is 19.9 Å². The number of fused-ring (bicyclic) bond motifs is 1. The molecule has 0 atom stereocenters. The fourth-order valence-corrected chi connectivity index (χ4v) is 1.66. The molecule has 3 aromatic rings. The van der Waals surface area contributed by atoms with Crippen molar-refractivity contribution in [2.75, 3.05) is 5.43 Å². The van der Waals surface area contributed by atoms with Gasteiger partial charge in [-0.1, -0.05) is 0 Å². The van der Waals surface area contributed by atoms with E-state index in [1.54, 1.807) is 43.0 Å². The van der Waals surface area contributed by atoms with E-state index in [1.807, 2.05) is 0 Å². The highest BCUT2D eigenvalue weighted by molar-refractivity contribution is 5.77. The number of hydrogen-bond acceptors (Lipinski definition) is 5. The number of pyridine rings is 2. The zero-order chi connectivity index (χ0) is 12.4. The Morgan fingerprint density at radius 3 is 2.61 bits per heavy atom. The lowest BCUT2D eigenvalue weighted by Crippen LogP contribution is -2.25. The molecule has 0 radical (unpaired) electrons. The molecule has 0 aliphatic carbocycles. The molecule has 0 aromatic carbocycles. The summed E-state index contributed by atoms with van der Waals surface area (Å²) in [4.78, 5) is 15.8. The molecule has 6 heteroatoms. The molecule has 3 rings (SSSR count). The molecule has 0 unspecified atom stereocenters. The van der Waals surface area contributed by atoms with Crippen LogP contribution in [0.15, 0.2) is 53.8 Å². The van der Waals surface area contributed by atoms with Crippen molar-refractivity contribution in [1.29, 1.82) is 0 Å². The van der Waals surface area contributed by atoms with Gasteiger partial charge < -0.3 is 0 Å². The van der Waals surface area contributed by atoms with Gasteiger partial charge in [0.1, 0.15) is 0 Å². The molecular weight excluding hydrogens is 230 g/mol. The Balaban J connectivity index is 2.16. The van der Waals surface area contributed by atoms with Gasteiger partial charge in [0.2, 0.25) is 0 Å². The number of nitrogens with zero attached hydrogens (tertiary/aromatic N) is 4. The molecule has 88 valence electrons. The van der Waals surface area contributed by atoms with E-state index >= 15 is 0 Å². The van der Waals surface area contributed by atoms with E-state index < -0.39 is 0 Å². The molecule has 6 nitrogen and oxygen atoms in total. The van der Waals surface area contributed by atoms with Gasteiger partial charge in [-0.15, -0.1) is 0 Å². The summed E-state index contributed by atoms with van der Waals surface area (Å²) in [5, 5.41) is 8.42. The van der Waals surface area contributed by atoms with Crippen LogP contribution in [0.3, 0.4) is 0 Å². The first-order valence-corrected chi connectivity index (χ1v) is 5.34. The van der Waals surface area contributed by atoms with Crippen LogP contribution in [0.4, 0.5) is 5.69 Å². The number of aromatic nitrogens is 4. The molecule has 3 heterocycles. The molecular formula is C12H9N5O. The maximum Gasteiger partial charge on any atom is 0.269 e. The summed E-state index contributed by atoms with van der Waals surface area (Å²) >= 11 is 0. The quantitative estimate of drug-likeness (QED) is 0.724. The summed E-state index contributed by atoms with van der Waals surface area (Å²) in [5.41, 5.74) is 4.30. The fraction of sp³-hybridized carbons (Fsp3) is 0. The molecule has 0 aliphatic rings. The zero-order valence-electron chi connectivity index (χ0n) is 9.32. The van der Waals surface area contributed by atoms with Gasteiger partial charge in [0.05, 0.1) is 23.6 Å². The van der Waals surface area contributed by atoms with Gasteiger partial charge in [-0.05, 0) is 18.2 Å². The summed E-state index contributed by atoms with van der Waals surface area (Å²) in [6, 6.07) is 6.76. The average Bonchev–Trinajstić information content (AvgIpc) is 2.43. The van der Waals surface area contributed by atoms with Crippen molar-refractivity contribution in [3.05, 3.63) is 59.4 Å². The second-order valence-corrected chi connectivity index (χ2v) is 3.68. The van der Waals surface area contributed by atoms with Crippen molar-refractivity contribution in [3.8, 4) is 0 Å². The third-order valence-corrected chi connectivity index (χ3v) is 2.53. The number of hydrogen-bond donors (Lipinski definition) is 1. The van der Waals surface area contributed by atoms with Crippen molar-refractivity contribution in [2.24, 2.45) is 0 Å². The van der Waals surface area contributed by atoms with Crippen molar-refractivity contribution >= 4 is 16.6 Å². The van der Waals surface area contributed by atoms with E-state index in [2.05, 4.69) is 20.6 Å². The Bertz CT molecular complexity index is 738. The summed E-state index contributed by atoms with van der Waals surface area (Å²) < 4.78 is 1.43. The summed E-state index contributed by atoms with van der Waals surface area (Å²) in [5.74, 6) is 0. The molecule has 0 aliphatic heterocycles. The molecule has 1 N–H and O–H groups in total. The highest BCUT2D eigenvalue weighted by Gasteiger charge is 2.03. The van der Waals surface area contributed by atoms with Crippen LogP contribution in [0.5, 0.6) is 0 Å². The molecule has 18 heavy (non-hydrogen) atoms. The van der Waals surface area contributed by atoms with Gasteiger partial charge in [0.25, 0.3) is 5.56 Å².